The Kier molecular flexibility index (Phi) is 11.8. The van der Waals surface area contributed by atoms with Crippen molar-refractivity contribution in [2.75, 3.05) is 9.80 Å². The third-order valence-electron chi connectivity index (χ3n) is 13.3. The van der Waals surface area contributed by atoms with Gasteiger partial charge in [-0.25, -0.2) is 0 Å². The first-order valence-corrected chi connectivity index (χ1v) is 23.8. The molecule has 0 aliphatic rings. The lowest BCUT2D eigenvalue weighted by atomic mass is 9.88. The smallest absolute Gasteiger partial charge is 0.101 e. The molecule has 0 aliphatic heterocycles. The molecule has 0 heterocycles. The lowest BCUT2D eigenvalue weighted by Crippen LogP contribution is -2.13. The molecule has 0 aliphatic carbocycles. The van der Waals surface area contributed by atoms with E-state index >= 15 is 0 Å². The molecule has 11 aromatic carbocycles. The second-order valence-electron chi connectivity index (χ2n) is 17.5. The van der Waals surface area contributed by atoms with Crippen LogP contribution in [0.3, 0.4) is 0 Å². The van der Waals surface area contributed by atoms with E-state index in [1.165, 1.54) is 0 Å². The van der Waals surface area contributed by atoms with Gasteiger partial charge in [-0.15, -0.1) is 0 Å². The van der Waals surface area contributed by atoms with Crippen LogP contribution in [0.4, 0.5) is 34.1 Å². The fourth-order valence-electron chi connectivity index (χ4n) is 10.0. The number of nitriles is 2. The van der Waals surface area contributed by atoms with Gasteiger partial charge in [0.25, 0.3) is 0 Å². The highest BCUT2D eigenvalue weighted by Gasteiger charge is 2.26. The molecule has 0 atom stereocenters. The van der Waals surface area contributed by atoms with E-state index < -0.39 is 0 Å². The minimum atomic E-state index is 0.546. The predicted molar refractivity (Wildman–Crippen MR) is 298 cm³/mol. The van der Waals surface area contributed by atoms with Crippen LogP contribution in [0, 0.1) is 22.7 Å². The summed E-state index contributed by atoms with van der Waals surface area (Å²) in [6.45, 7) is 5.97. The topological polar surface area (TPSA) is 54.1 Å². The summed E-state index contributed by atoms with van der Waals surface area (Å²) in [5, 5.41) is 28.1. The Hall–Kier alpha value is -9.74. The molecule has 0 aromatic heterocycles. The fourth-order valence-corrected chi connectivity index (χ4v) is 10.0. The lowest BCUT2D eigenvalue weighted by Gasteiger charge is -2.30. The molecule has 71 heavy (non-hydrogen) atoms. The zero-order valence-corrected chi connectivity index (χ0v) is 39.2. The monoisotopic (exact) mass is 906 g/mol. The third-order valence-corrected chi connectivity index (χ3v) is 13.3. The molecule has 0 N–H and O–H groups in total. The Morgan fingerprint density at radius 2 is 0.761 bits per heavy atom. The van der Waals surface area contributed by atoms with Crippen LogP contribution in [0.2, 0.25) is 0 Å². The largest absolute Gasteiger partial charge is 0.309 e. The van der Waals surface area contributed by atoms with E-state index in [1.54, 1.807) is 6.08 Å². The minimum absolute atomic E-state index is 0.546. The Bertz CT molecular complexity index is 3780. The van der Waals surface area contributed by atoms with Gasteiger partial charge in [0.15, 0.2) is 0 Å². The van der Waals surface area contributed by atoms with E-state index in [1.807, 2.05) is 49.4 Å². The van der Waals surface area contributed by atoms with Gasteiger partial charge in [-0.05, 0) is 134 Å². The maximum absolute atomic E-state index is 11.2. The van der Waals surface area contributed by atoms with Gasteiger partial charge >= 0.3 is 0 Å². The molecule has 4 nitrogen and oxygen atoms in total. The highest BCUT2D eigenvalue weighted by atomic mass is 15.2. The summed E-state index contributed by atoms with van der Waals surface area (Å²) in [6.07, 6.45) is 7.93. The molecule has 0 saturated carbocycles. The molecule has 0 spiro atoms. The Morgan fingerprint density at radius 3 is 1.08 bits per heavy atom. The first-order chi connectivity index (χ1) is 35.0. The minimum Gasteiger partial charge on any atom is -0.309 e. The first-order valence-electron chi connectivity index (χ1n) is 23.8. The number of anilines is 6. The average Bonchev–Trinajstić information content (AvgIpc) is 3.44. The Morgan fingerprint density at radius 1 is 0.423 bits per heavy atom. The van der Waals surface area contributed by atoms with Crippen molar-refractivity contribution in [1.29, 1.82) is 10.5 Å². The van der Waals surface area contributed by atoms with Crippen LogP contribution in [0.1, 0.15) is 23.6 Å². The summed E-state index contributed by atoms with van der Waals surface area (Å²) in [5.74, 6) is 0. The van der Waals surface area contributed by atoms with Crippen molar-refractivity contribution in [3.05, 3.63) is 272 Å². The van der Waals surface area contributed by atoms with Crippen LogP contribution < -0.4 is 9.80 Å². The molecule has 0 fully saturated rings. The average molecular weight is 907 g/mol. The number of rotatable bonds is 12. The highest BCUT2D eigenvalue weighted by Crippen LogP contribution is 2.50. The van der Waals surface area contributed by atoms with E-state index in [-0.39, 0.29) is 0 Å². The maximum atomic E-state index is 11.2. The number of benzene rings is 11. The maximum Gasteiger partial charge on any atom is 0.101 e. The molecular formula is C67H46N4. The van der Waals surface area contributed by atoms with Crippen molar-refractivity contribution in [1.82, 2.24) is 0 Å². The summed E-state index contributed by atoms with van der Waals surface area (Å²) in [6, 6.07) is 83.1. The quantitative estimate of drug-likeness (QED) is 0.0905. The summed E-state index contributed by atoms with van der Waals surface area (Å²) in [7, 11) is 0. The molecule has 0 amide bonds. The number of nitrogens with zero attached hydrogens (tertiary/aromatic N) is 4. The van der Waals surface area contributed by atoms with E-state index in [0.717, 1.165) is 111 Å². The fraction of sp³-hybridized carbons (Fsp3) is 0.0149. The van der Waals surface area contributed by atoms with Gasteiger partial charge in [-0.2, -0.15) is 10.5 Å². The zero-order chi connectivity index (χ0) is 48.3. The molecule has 11 rings (SSSR count). The van der Waals surface area contributed by atoms with Crippen molar-refractivity contribution < 1.29 is 0 Å². The van der Waals surface area contributed by atoms with E-state index in [9.17, 15) is 10.5 Å². The van der Waals surface area contributed by atoms with Gasteiger partial charge in [0.2, 0.25) is 0 Å². The van der Waals surface area contributed by atoms with Crippen LogP contribution in [-0.2, 0) is 0 Å². The van der Waals surface area contributed by atoms with Crippen LogP contribution in [-0.4, -0.2) is 0 Å². The van der Waals surface area contributed by atoms with Crippen LogP contribution in [0.15, 0.2) is 255 Å². The second-order valence-corrected chi connectivity index (χ2v) is 17.5. The first kappa shape index (κ1) is 43.8. The van der Waals surface area contributed by atoms with E-state index in [4.69, 9.17) is 0 Å². The number of hydrogen-bond acceptors (Lipinski definition) is 4. The van der Waals surface area contributed by atoms with Crippen molar-refractivity contribution in [2.24, 2.45) is 0 Å². The van der Waals surface area contributed by atoms with Crippen molar-refractivity contribution in [3.8, 4) is 45.5 Å². The Balaban J connectivity index is 1.14. The van der Waals surface area contributed by atoms with E-state index in [2.05, 4.69) is 229 Å². The van der Waals surface area contributed by atoms with Crippen molar-refractivity contribution in [2.45, 2.75) is 6.92 Å². The van der Waals surface area contributed by atoms with Crippen LogP contribution in [0.5, 0.6) is 0 Å². The van der Waals surface area contributed by atoms with Crippen molar-refractivity contribution >= 4 is 72.0 Å². The Labute approximate surface area is 414 Å². The summed E-state index contributed by atoms with van der Waals surface area (Å²) >= 11 is 0. The van der Waals surface area contributed by atoms with Gasteiger partial charge in [-0.1, -0.05) is 195 Å². The molecule has 0 bridgehead atoms. The molecule has 11 aromatic rings. The normalized spacial score (nSPS) is 11.5. The van der Waals surface area contributed by atoms with Gasteiger partial charge in [0.1, 0.15) is 12.1 Å². The molecule has 0 saturated heterocycles. The van der Waals surface area contributed by atoms with Gasteiger partial charge in [-0.3, -0.25) is 0 Å². The predicted octanol–water partition coefficient (Wildman–Crippen LogP) is 18.4. The summed E-state index contributed by atoms with van der Waals surface area (Å²) in [4.78, 5) is 4.44. The second kappa shape index (κ2) is 19.1. The van der Waals surface area contributed by atoms with Crippen LogP contribution >= 0.6 is 0 Å². The summed E-state index contributed by atoms with van der Waals surface area (Å²) in [5.41, 5.74) is 15.1. The molecule has 0 radical (unpaired) electrons. The molecule has 4 heteroatoms. The SMILES string of the molecule is C=C/C=C(\C=C/C)c1ccc(N(c2ccc(-c3ccccc3)cc2)c2c(C#N)cc3ccc4c(N(c5ccc(-c6ccccc6)cc5)c5ccc(-c6ccccc6)cc5)c(C#N)cc5ccc2c3c54)cc1. The lowest BCUT2D eigenvalue weighted by molar-refractivity contribution is 1.28. The van der Waals surface area contributed by atoms with Gasteiger partial charge in [0.05, 0.1) is 22.5 Å². The molecule has 0 unspecified atom stereocenters. The summed E-state index contributed by atoms with van der Waals surface area (Å²) < 4.78 is 0. The van der Waals surface area contributed by atoms with Gasteiger partial charge < -0.3 is 9.80 Å². The standard InChI is InChI=1S/C67H46N4/c1-3-14-46(15-4-2)50-22-32-58(33-23-50)70(59-34-24-51(25-35-59)47-16-8-5-9-17-47)66-56(44-68)42-54-31-41-63-65-55(30-40-62(66)64(54)65)43-57(45-69)67(63)71(60-36-26-52(27-37-60)48-18-10-6-11-19-48)61-38-28-53(29-39-61)49-20-12-7-13-21-49/h3-43H,1H2,2H3/b15-4-,46-14+. The van der Waals surface area contributed by atoms with E-state index in [0.29, 0.717) is 11.1 Å². The molecular weight excluding hydrogens is 861 g/mol. The highest BCUT2D eigenvalue weighted by molar-refractivity contribution is 6.29. The third kappa shape index (κ3) is 8.17. The zero-order valence-electron chi connectivity index (χ0n) is 39.2. The number of allylic oxidation sites excluding steroid dienone is 5. The number of hydrogen-bond donors (Lipinski definition) is 0. The van der Waals surface area contributed by atoms with Crippen molar-refractivity contribution in [3.63, 3.8) is 0 Å². The van der Waals surface area contributed by atoms with Gasteiger partial charge in [0, 0.05) is 33.5 Å². The van der Waals surface area contributed by atoms with Crippen LogP contribution in [0.25, 0.3) is 71.3 Å². The molecule has 334 valence electrons.